The number of amides is 1. The molecular weight excluding hydrogens is 324 g/mol. The highest BCUT2D eigenvalue weighted by Gasteiger charge is 2.32. The molecule has 1 N–H and O–H groups in total. The molecule has 2 atom stereocenters. The van der Waals surface area contributed by atoms with Gasteiger partial charge >= 0.3 is 0 Å². The van der Waals surface area contributed by atoms with E-state index in [-0.39, 0.29) is 18.4 Å². The van der Waals surface area contributed by atoms with Gasteiger partial charge in [-0.15, -0.1) is 11.3 Å². The number of carbonyl (C=O) groups is 1. The molecule has 0 radical (unpaired) electrons. The van der Waals surface area contributed by atoms with E-state index < -0.39 is 0 Å². The van der Waals surface area contributed by atoms with E-state index in [1.54, 1.807) is 5.51 Å². The van der Waals surface area contributed by atoms with Crippen molar-refractivity contribution in [3.63, 3.8) is 0 Å². The van der Waals surface area contributed by atoms with Gasteiger partial charge in [0.25, 0.3) is 5.91 Å². The maximum absolute atomic E-state index is 12.6. The SMILES string of the molecule is CN1CCCN(C[C@H]2C[C@@H](CO)CN(C(=O)c3cscn3)C2)CC1. The van der Waals surface area contributed by atoms with Crippen molar-refractivity contribution in [1.29, 1.82) is 0 Å². The van der Waals surface area contributed by atoms with E-state index in [0.29, 0.717) is 18.2 Å². The summed E-state index contributed by atoms with van der Waals surface area (Å²) in [6.07, 6.45) is 2.21. The van der Waals surface area contributed by atoms with E-state index in [0.717, 1.165) is 45.7 Å². The number of hydrogen-bond acceptors (Lipinski definition) is 6. The summed E-state index contributed by atoms with van der Waals surface area (Å²) < 4.78 is 0. The number of carbonyl (C=O) groups excluding carboxylic acids is 1. The quantitative estimate of drug-likeness (QED) is 0.871. The van der Waals surface area contributed by atoms with Gasteiger partial charge in [-0.3, -0.25) is 4.79 Å². The Kier molecular flexibility index (Phi) is 6.21. The molecule has 24 heavy (non-hydrogen) atoms. The van der Waals surface area contributed by atoms with Gasteiger partial charge in [0.1, 0.15) is 5.69 Å². The summed E-state index contributed by atoms with van der Waals surface area (Å²) in [5.41, 5.74) is 2.24. The van der Waals surface area contributed by atoms with E-state index in [4.69, 9.17) is 0 Å². The number of aliphatic hydroxyl groups excluding tert-OH is 1. The van der Waals surface area contributed by atoms with Crippen LogP contribution in [0.2, 0.25) is 0 Å². The largest absolute Gasteiger partial charge is 0.396 e. The third-order valence-electron chi connectivity index (χ3n) is 5.15. The van der Waals surface area contributed by atoms with E-state index in [1.807, 2.05) is 10.3 Å². The highest BCUT2D eigenvalue weighted by atomic mass is 32.1. The van der Waals surface area contributed by atoms with Gasteiger partial charge in [0.05, 0.1) is 5.51 Å². The minimum Gasteiger partial charge on any atom is -0.396 e. The Balaban J connectivity index is 1.61. The van der Waals surface area contributed by atoms with Crippen LogP contribution in [0, 0.1) is 11.8 Å². The molecule has 0 aliphatic carbocycles. The van der Waals surface area contributed by atoms with Crippen LogP contribution in [0.1, 0.15) is 23.3 Å². The monoisotopic (exact) mass is 352 g/mol. The molecule has 2 aliphatic rings. The molecule has 1 aromatic rings. The minimum atomic E-state index is 0.00926. The van der Waals surface area contributed by atoms with Crippen LogP contribution in [0.25, 0.3) is 0 Å². The number of likely N-dealkylation sites (tertiary alicyclic amines) is 1. The Morgan fingerprint density at radius 2 is 2.12 bits per heavy atom. The zero-order valence-electron chi connectivity index (χ0n) is 14.4. The molecule has 1 aromatic heterocycles. The van der Waals surface area contributed by atoms with E-state index >= 15 is 0 Å². The number of aromatic nitrogens is 1. The van der Waals surface area contributed by atoms with Crippen molar-refractivity contribution < 1.29 is 9.90 Å². The van der Waals surface area contributed by atoms with Crippen LogP contribution >= 0.6 is 11.3 Å². The second-order valence-corrected chi connectivity index (χ2v) is 7.91. The molecule has 6 nitrogen and oxygen atoms in total. The lowest BCUT2D eigenvalue weighted by molar-refractivity contribution is 0.0450. The molecule has 0 aromatic carbocycles. The second kappa shape index (κ2) is 8.38. The number of hydrogen-bond donors (Lipinski definition) is 1. The summed E-state index contributed by atoms with van der Waals surface area (Å²) in [4.78, 5) is 23.6. The van der Waals surface area contributed by atoms with Crippen LogP contribution < -0.4 is 0 Å². The summed E-state index contributed by atoms with van der Waals surface area (Å²) in [6.45, 7) is 7.09. The summed E-state index contributed by atoms with van der Waals surface area (Å²) in [6, 6.07) is 0. The molecule has 0 bridgehead atoms. The zero-order chi connectivity index (χ0) is 16.9. The zero-order valence-corrected chi connectivity index (χ0v) is 15.2. The molecule has 134 valence electrons. The van der Waals surface area contributed by atoms with Crippen LogP contribution in [-0.4, -0.2) is 90.2 Å². The van der Waals surface area contributed by atoms with Crippen LogP contribution in [0.4, 0.5) is 0 Å². The fourth-order valence-corrected chi connectivity index (χ4v) is 4.40. The van der Waals surface area contributed by atoms with Gasteiger partial charge in [0.15, 0.2) is 0 Å². The van der Waals surface area contributed by atoms with E-state index in [1.165, 1.54) is 17.8 Å². The summed E-state index contributed by atoms with van der Waals surface area (Å²) in [7, 11) is 2.18. The first kappa shape index (κ1) is 17.8. The average molecular weight is 353 g/mol. The highest BCUT2D eigenvalue weighted by molar-refractivity contribution is 7.07. The summed E-state index contributed by atoms with van der Waals surface area (Å²) in [5.74, 6) is 0.623. The smallest absolute Gasteiger partial charge is 0.273 e. The predicted octanol–water partition coefficient (Wildman–Crippen LogP) is 0.851. The molecule has 3 heterocycles. The maximum Gasteiger partial charge on any atom is 0.273 e. The van der Waals surface area contributed by atoms with Crippen molar-refractivity contribution >= 4 is 17.2 Å². The number of rotatable bonds is 4. The summed E-state index contributed by atoms with van der Waals surface area (Å²) >= 11 is 1.45. The molecule has 2 aliphatic heterocycles. The minimum absolute atomic E-state index is 0.00926. The number of likely N-dealkylation sites (N-methyl/N-ethyl adjacent to an activating group) is 1. The van der Waals surface area contributed by atoms with Gasteiger partial charge in [0.2, 0.25) is 0 Å². The van der Waals surface area contributed by atoms with Gasteiger partial charge in [-0.2, -0.15) is 0 Å². The third-order valence-corrected chi connectivity index (χ3v) is 5.74. The number of thiazole rings is 1. The van der Waals surface area contributed by atoms with Gasteiger partial charge < -0.3 is 19.8 Å². The standard InChI is InChI=1S/C17H28N4O2S/c1-19-3-2-4-20(6-5-19)8-14-7-15(11-22)10-21(9-14)17(23)16-12-24-13-18-16/h12-15,22H,2-11H2,1H3/t14-,15-/m1/s1. The van der Waals surface area contributed by atoms with Crippen molar-refractivity contribution in [2.45, 2.75) is 12.8 Å². The van der Waals surface area contributed by atoms with Crippen molar-refractivity contribution in [3.8, 4) is 0 Å². The van der Waals surface area contributed by atoms with Crippen molar-refractivity contribution in [2.75, 3.05) is 59.5 Å². The van der Waals surface area contributed by atoms with Gasteiger partial charge in [-0.05, 0) is 44.8 Å². The molecule has 0 saturated carbocycles. The average Bonchev–Trinajstić information content (AvgIpc) is 3.05. The number of aliphatic hydroxyl groups is 1. The van der Waals surface area contributed by atoms with Gasteiger partial charge in [0, 0.05) is 44.7 Å². The lowest BCUT2D eigenvalue weighted by Crippen LogP contribution is -2.48. The van der Waals surface area contributed by atoms with Crippen molar-refractivity contribution in [1.82, 2.24) is 19.7 Å². The first-order chi connectivity index (χ1) is 11.7. The Morgan fingerprint density at radius 3 is 2.88 bits per heavy atom. The van der Waals surface area contributed by atoms with E-state index in [9.17, 15) is 9.90 Å². The molecule has 2 saturated heterocycles. The van der Waals surface area contributed by atoms with Crippen LogP contribution in [0.5, 0.6) is 0 Å². The number of nitrogens with zero attached hydrogens (tertiary/aromatic N) is 4. The number of piperidine rings is 1. The molecular formula is C17H28N4O2S. The van der Waals surface area contributed by atoms with Crippen molar-refractivity contribution in [2.24, 2.45) is 11.8 Å². The van der Waals surface area contributed by atoms with Crippen LogP contribution in [-0.2, 0) is 0 Å². The maximum atomic E-state index is 12.6. The Labute approximate surface area is 148 Å². The molecule has 1 amide bonds. The van der Waals surface area contributed by atoms with Crippen molar-refractivity contribution in [3.05, 3.63) is 16.6 Å². The van der Waals surface area contributed by atoms with Crippen LogP contribution in [0.15, 0.2) is 10.9 Å². The molecule has 3 rings (SSSR count). The molecule has 0 spiro atoms. The van der Waals surface area contributed by atoms with Gasteiger partial charge in [-0.25, -0.2) is 4.98 Å². The Morgan fingerprint density at radius 1 is 1.29 bits per heavy atom. The topological polar surface area (TPSA) is 59.9 Å². The van der Waals surface area contributed by atoms with E-state index in [2.05, 4.69) is 21.8 Å². The fourth-order valence-electron chi connectivity index (χ4n) is 3.88. The predicted molar refractivity (Wildman–Crippen MR) is 95.3 cm³/mol. The fraction of sp³-hybridized carbons (Fsp3) is 0.765. The third kappa shape index (κ3) is 4.53. The first-order valence-corrected chi connectivity index (χ1v) is 9.79. The summed E-state index contributed by atoms with van der Waals surface area (Å²) in [5, 5.41) is 11.5. The molecule has 0 unspecified atom stereocenters. The molecule has 7 heteroatoms. The molecule has 2 fully saturated rings. The lowest BCUT2D eigenvalue weighted by Gasteiger charge is -2.39. The lowest BCUT2D eigenvalue weighted by atomic mass is 9.89. The Bertz CT molecular complexity index is 525. The van der Waals surface area contributed by atoms with Crippen LogP contribution in [0.3, 0.4) is 0 Å². The normalized spacial score (nSPS) is 27.2. The first-order valence-electron chi connectivity index (χ1n) is 8.85. The highest BCUT2D eigenvalue weighted by Crippen LogP contribution is 2.24. The second-order valence-electron chi connectivity index (χ2n) is 7.19. The van der Waals surface area contributed by atoms with Gasteiger partial charge in [-0.1, -0.05) is 0 Å². The Hall–Kier alpha value is -1.02.